The summed E-state index contributed by atoms with van der Waals surface area (Å²) in [6, 6.07) is 0. The fraction of sp³-hybridized carbons (Fsp3) is 0.786. The van der Waals surface area contributed by atoms with Crippen molar-refractivity contribution in [2.45, 2.75) is 57.2 Å². The highest BCUT2D eigenvalue weighted by Crippen LogP contribution is 2.33. The van der Waals surface area contributed by atoms with E-state index in [1.807, 2.05) is 11.7 Å². The van der Waals surface area contributed by atoms with Gasteiger partial charge in [0.15, 0.2) is 0 Å². The van der Waals surface area contributed by atoms with E-state index in [0.29, 0.717) is 11.3 Å². The number of nitrogens with zero attached hydrogens (tertiary/aromatic N) is 2. The maximum atomic E-state index is 6.51. The van der Waals surface area contributed by atoms with Gasteiger partial charge in [0.05, 0.1) is 16.4 Å². The summed E-state index contributed by atoms with van der Waals surface area (Å²) in [5.41, 5.74) is 2.14. The first-order valence-electron chi connectivity index (χ1n) is 6.97. The van der Waals surface area contributed by atoms with E-state index in [-0.39, 0.29) is 0 Å². The zero-order chi connectivity index (χ0) is 13.1. The van der Waals surface area contributed by atoms with Crippen molar-refractivity contribution in [1.82, 2.24) is 9.78 Å². The molecule has 0 amide bonds. The van der Waals surface area contributed by atoms with Gasteiger partial charge in [0.25, 0.3) is 0 Å². The SMILES string of the molecule is CCc1nn(C)c(CCC(Cl)C2CCCC2)c1Cl. The molecule has 1 heterocycles. The molecule has 0 N–H and O–H groups in total. The summed E-state index contributed by atoms with van der Waals surface area (Å²) in [6.45, 7) is 2.08. The van der Waals surface area contributed by atoms with Crippen LogP contribution in [0.4, 0.5) is 0 Å². The fourth-order valence-electron chi connectivity index (χ4n) is 2.92. The number of rotatable bonds is 5. The molecule has 4 heteroatoms. The van der Waals surface area contributed by atoms with Gasteiger partial charge in [-0.15, -0.1) is 11.6 Å². The Kier molecular flexibility index (Phi) is 4.97. The lowest BCUT2D eigenvalue weighted by Crippen LogP contribution is -2.13. The average molecular weight is 289 g/mol. The van der Waals surface area contributed by atoms with E-state index in [9.17, 15) is 0 Å². The molecule has 0 aromatic carbocycles. The van der Waals surface area contributed by atoms with Crippen LogP contribution in [0, 0.1) is 5.92 Å². The minimum atomic E-state index is 0.295. The van der Waals surface area contributed by atoms with Gasteiger partial charge in [-0.3, -0.25) is 4.68 Å². The standard InChI is InChI=1S/C14H22Cl2N2/c1-3-12-14(16)13(18(2)17-12)9-8-11(15)10-6-4-5-7-10/h10-11H,3-9H2,1-2H3. The van der Waals surface area contributed by atoms with E-state index in [4.69, 9.17) is 23.2 Å². The lowest BCUT2D eigenvalue weighted by Gasteiger charge is -2.16. The van der Waals surface area contributed by atoms with Gasteiger partial charge >= 0.3 is 0 Å². The Bertz CT molecular complexity index is 395. The van der Waals surface area contributed by atoms with Gasteiger partial charge in [-0.1, -0.05) is 31.4 Å². The summed E-state index contributed by atoms with van der Waals surface area (Å²) < 4.78 is 1.92. The van der Waals surface area contributed by atoms with Gasteiger partial charge in [-0.05, 0) is 38.0 Å². The highest BCUT2D eigenvalue weighted by molar-refractivity contribution is 6.31. The van der Waals surface area contributed by atoms with Crippen LogP contribution in [0.5, 0.6) is 0 Å². The van der Waals surface area contributed by atoms with Crippen molar-refractivity contribution in [3.63, 3.8) is 0 Å². The Morgan fingerprint density at radius 1 is 1.39 bits per heavy atom. The molecule has 0 bridgehead atoms. The highest BCUT2D eigenvalue weighted by atomic mass is 35.5. The van der Waals surface area contributed by atoms with Crippen molar-refractivity contribution in [3.05, 3.63) is 16.4 Å². The smallest absolute Gasteiger partial charge is 0.0849 e. The van der Waals surface area contributed by atoms with Gasteiger partial charge < -0.3 is 0 Å². The normalized spacial score (nSPS) is 18.4. The van der Waals surface area contributed by atoms with Crippen LogP contribution in [0.2, 0.25) is 5.02 Å². The van der Waals surface area contributed by atoms with E-state index < -0.39 is 0 Å². The third-order valence-corrected chi connectivity index (χ3v) is 5.08. The van der Waals surface area contributed by atoms with Crippen LogP contribution >= 0.6 is 23.2 Å². The first-order chi connectivity index (χ1) is 8.63. The summed E-state index contributed by atoms with van der Waals surface area (Å²) in [7, 11) is 1.97. The molecule has 2 nitrogen and oxygen atoms in total. The molecular weight excluding hydrogens is 267 g/mol. The Balaban J connectivity index is 1.95. The highest BCUT2D eigenvalue weighted by Gasteiger charge is 2.24. The predicted octanol–water partition coefficient (Wildman–Crippen LogP) is 4.37. The summed E-state index contributed by atoms with van der Waals surface area (Å²) in [6.07, 6.45) is 8.13. The van der Waals surface area contributed by atoms with E-state index in [2.05, 4.69) is 12.0 Å². The van der Waals surface area contributed by atoms with Crippen LogP contribution in [-0.4, -0.2) is 15.2 Å². The molecule has 0 aliphatic heterocycles. The Hall–Kier alpha value is -0.210. The maximum absolute atomic E-state index is 6.51. The Morgan fingerprint density at radius 2 is 2.06 bits per heavy atom. The fourth-order valence-corrected chi connectivity index (χ4v) is 3.67. The topological polar surface area (TPSA) is 17.8 Å². The van der Waals surface area contributed by atoms with Gasteiger partial charge in [0, 0.05) is 12.4 Å². The molecule has 18 heavy (non-hydrogen) atoms. The molecular formula is C14H22Cl2N2. The lowest BCUT2D eigenvalue weighted by atomic mass is 9.99. The molecule has 1 atom stereocenters. The van der Waals surface area contributed by atoms with Crippen molar-refractivity contribution < 1.29 is 0 Å². The van der Waals surface area contributed by atoms with Crippen molar-refractivity contribution in [2.75, 3.05) is 0 Å². The van der Waals surface area contributed by atoms with Crippen LogP contribution < -0.4 is 0 Å². The minimum Gasteiger partial charge on any atom is -0.271 e. The summed E-state index contributed by atoms with van der Waals surface area (Å²) >= 11 is 12.9. The van der Waals surface area contributed by atoms with Crippen LogP contribution in [0.1, 0.15) is 50.4 Å². The van der Waals surface area contributed by atoms with E-state index >= 15 is 0 Å². The van der Waals surface area contributed by atoms with Crippen LogP contribution in [-0.2, 0) is 19.9 Å². The average Bonchev–Trinajstić information content (AvgIpc) is 2.96. The number of aromatic nitrogens is 2. The number of aryl methyl sites for hydroxylation is 2. The van der Waals surface area contributed by atoms with Crippen LogP contribution in [0.15, 0.2) is 0 Å². The quantitative estimate of drug-likeness (QED) is 0.736. The maximum Gasteiger partial charge on any atom is 0.0849 e. The van der Waals surface area contributed by atoms with Gasteiger partial charge in [0.1, 0.15) is 0 Å². The van der Waals surface area contributed by atoms with Crippen molar-refractivity contribution in [1.29, 1.82) is 0 Å². The summed E-state index contributed by atoms with van der Waals surface area (Å²) in [5.74, 6) is 0.712. The monoisotopic (exact) mass is 288 g/mol. The first kappa shape index (κ1) is 14.2. The number of halogens is 2. The second-order valence-corrected chi connectivity index (χ2v) is 6.22. The summed E-state index contributed by atoms with van der Waals surface area (Å²) in [4.78, 5) is 0. The van der Waals surface area contributed by atoms with E-state index in [1.54, 1.807) is 0 Å². The Morgan fingerprint density at radius 3 is 2.61 bits per heavy atom. The van der Waals surface area contributed by atoms with Crippen LogP contribution in [0.3, 0.4) is 0 Å². The molecule has 1 fully saturated rings. The zero-order valence-electron chi connectivity index (χ0n) is 11.3. The van der Waals surface area contributed by atoms with Gasteiger partial charge in [-0.25, -0.2) is 0 Å². The third-order valence-electron chi connectivity index (χ3n) is 4.07. The number of hydrogen-bond donors (Lipinski definition) is 0. The number of alkyl halides is 1. The molecule has 1 aromatic heterocycles. The molecule has 0 saturated heterocycles. The number of hydrogen-bond acceptors (Lipinski definition) is 1. The molecule has 2 rings (SSSR count). The largest absolute Gasteiger partial charge is 0.271 e. The zero-order valence-corrected chi connectivity index (χ0v) is 12.8. The Labute approximate surface area is 120 Å². The molecule has 1 aromatic rings. The predicted molar refractivity (Wildman–Crippen MR) is 77.5 cm³/mol. The van der Waals surface area contributed by atoms with Crippen molar-refractivity contribution in [3.8, 4) is 0 Å². The van der Waals surface area contributed by atoms with E-state index in [0.717, 1.165) is 35.7 Å². The van der Waals surface area contributed by atoms with Gasteiger partial charge in [0.2, 0.25) is 0 Å². The third kappa shape index (κ3) is 3.03. The molecule has 1 aliphatic carbocycles. The summed E-state index contributed by atoms with van der Waals surface area (Å²) in [5, 5.41) is 5.58. The minimum absolute atomic E-state index is 0.295. The molecule has 1 saturated carbocycles. The van der Waals surface area contributed by atoms with E-state index in [1.165, 1.54) is 25.7 Å². The molecule has 102 valence electrons. The van der Waals surface area contributed by atoms with Crippen molar-refractivity contribution >= 4 is 23.2 Å². The van der Waals surface area contributed by atoms with Crippen LogP contribution in [0.25, 0.3) is 0 Å². The molecule has 1 unspecified atom stereocenters. The van der Waals surface area contributed by atoms with Gasteiger partial charge in [-0.2, -0.15) is 5.10 Å². The molecule has 1 aliphatic rings. The first-order valence-corrected chi connectivity index (χ1v) is 7.79. The molecule has 0 spiro atoms. The molecule has 0 radical (unpaired) electrons. The second-order valence-electron chi connectivity index (χ2n) is 5.28. The lowest BCUT2D eigenvalue weighted by molar-refractivity contribution is 0.487. The second kappa shape index (κ2) is 6.29. The van der Waals surface area contributed by atoms with Crippen molar-refractivity contribution in [2.24, 2.45) is 13.0 Å².